The van der Waals surface area contributed by atoms with Crippen molar-refractivity contribution >= 4 is 11.9 Å². The predicted octanol–water partition coefficient (Wildman–Crippen LogP) is 3.75. The topological polar surface area (TPSA) is 57.6 Å². The van der Waals surface area contributed by atoms with Crippen LogP contribution in [-0.4, -0.2) is 35.0 Å². The first-order chi connectivity index (χ1) is 11.6. The van der Waals surface area contributed by atoms with E-state index in [2.05, 4.69) is 4.90 Å². The second-order valence-electron chi connectivity index (χ2n) is 7.27. The van der Waals surface area contributed by atoms with Gasteiger partial charge in [0.2, 0.25) is 5.91 Å². The maximum absolute atomic E-state index is 12.6. The quantitative estimate of drug-likeness (QED) is 0.915. The van der Waals surface area contributed by atoms with Crippen molar-refractivity contribution in [2.75, 3.05) is 13.1 Å². The summed E-state index contributed by atoms with van der Waals surface area (Å²) in [6.45, 7) is 1.66. The second-order valence-corrected chi connectivity index (χ2v) is 7.27. The molecule has 0 spiro atoms. The molecule has 1 saturated carbocycles. The lowest BCUT2D eigenvalue weighted by molar-refractivity contribution is -0.138. The van der Waals surface area contributed by atoms with Gasteiger partial charge in [-0.1, -0.05) is 37.5 Å². The van der Waals surface area contributed by atoms with E-state index in [1.54, 1.807) is 12.1 Å². The lowest BCUT2D eigenvalue weighted by Gasteiger charge is -2.35. The summed E-state index contributed by atoms with van der Waals surface area (Å²) in [6.07, 6.45) is 8.54. The molecular weight excluding hydrogens is 302 g/mol. The molecule has 3 rings (SSSR count). The van der Waals surface area contributed by atoms with Crippen LogP contribution in [0.1, 0.15) is 60.9 Å². The lowest BCUT2D eigenvalue weighted by atomic mass is 9.85. The molecule has 1 aliphatic heterocycles. The van der Waals surface area contributed by atoms with E-state index >= 15 is 0 Å². The summed E-state index contributed by atoms with van der Waals surface area (Å²) >= 11 is 0. The molecule has 4 nitrogen and oxygen atoms in total. The average molecular weight is 329 g/mol. The zero-order valence-electron chi connectivity index (χ0n) is 14.2. The number of carbonyl (C=O) groups excluding carboxylic acids is 1. The minimum absolute atomic E-state index is 0.253. The van der Waals surface area contributed by atoms with E-state index in [4.69, 9.17) is 0 Å². The molecule has 1 aromatic rings. The fourth-order valence-corrected chi connectivity index (χ4v) is 4.18. The zero-order valence-corrected chi connectivity index (χ0v) is 14.2. The third-order valence-corrected chi connectivity index (χ3v) is 5.64. The molecule has 0 atom stereocenters. The Morgan fingerprint density at radius 1 is 1.00 bits per heavy atom. The summed E-state index contributed by atoms with van der Waals surface area (Å²) in [4.78, 5) is 26.0. The van der Waals surface area contributed by atoms with Gasteiger partial charge in [-0.25, -0.2) is 4.79 Å². The van der Waals surface area contributed by atoms with Gasteiger partial charge in [-0.05, 0) is 49.7 Å². The monoisotopic (exact) mass is 329 g/mol. The number of rotatable bonds is 4. The summed E-state index contributed by atoms with van der Waals surface area (Å²) in [5, 5.41) is 9.30. The number of likely N-dealkylation sites (tertiary alicyclic amines) is 1. The van der Waals surface area contributed by atoms with E-state index in [9.17, 15) is 14.7 Å². The average Bonchev–Trinajstić information content (AvgIpc) is 2.63. The van der Waals surface area contributed by atoms with Crippen LogP contribution in [0.4, 0.5) is 0 Å². The SMILES string of the molecule is O=C(O)c1ccccc1CC1CCN(C(=O)C2CCCCC2)CC1. The summed E-state index contributed by atoms with van der Waals surface area (Å²) < 4.78 is 0. The number of piperidine rings is 1. The van der Waals surface area contributed by atoms with Crippen molar-refractivity contribution in [3.63, 3.8) is 0 Å². The van der Waals surface area contributed by atoms with Gasteiger partial charge in [0.25, 0.3) is 0 Å². The highest BCUT2D eigenvalue weighted by molar-refractivity contribution is 5.89. The zero-order chi connectivity index (χ0) is 16.9. The summed E-state index contributed by atoms with van der Waals surface area (Å²) in [6, 6.07) is 7.28. The van der Waals surface area contributed by atoms with Gasteiger partial charge in [-0.3, -0.25) is 4.79 Å². The molecule has 0 aromatic heterocycles. The van der Waals surface area contributed by atoms with Crippen LogP contribution >= 0.6 is 0 Å². The van der Waals surface area contributed by atoms with Crippen LogP contribution in [0.15, 0.2) is 24.3 Å². The molecule has 1 saturated heterocycles. The first kappa shape index (κ1) is 17.0. The standard InChI is InChI=1S/C20H27NO3/c22-19(16-6-2-1-3-7-16)21-12-10-15(11-13-21)14-17-8-4-5-9-18(17)20(23)24/h4-5,8-9,15-16H,1-3,6-7,10-14H2,(H,23,24). The van der Waals surface area contributed by atoms with Gasteiger partial charge in [0.15, 0.2) is 0 Å². The van der Waals surface area contributed by atoms with Crippen molar-refractivity contribution < 1.29 is 14.7 Å². The number of carboxylic acids is 1. The number of carbonyl (C=O) groups is 2. The largest absolute Gasteiger partial charge is 0.478 e. The van der Waals surface area contributed by atoms with E-state index < -0.39 is 5.97 Å². The first-order valence-electron chi connectivity index (χ1n) is 9.25. The van der Waals surface area contributed by atoms with Gasteiger partial charge in [0, 0.05) is 19.0 Å². The Hall–Kier alpha value is -1.84. The summed E-state index contributed by atoms with van der Waals surface area (Å²) in [7, 11) is 0. The third-order valence-electron chi connectivity index (χ3n) is 5.64. The fraction of sp³-hybridized carbons (Fsp3) is 0.600. The fourth-order valence-electron chi connectivity index (χ4n) is 4.18. The molecule has 1 aliphatic carbocycles. The van der Waals surface area contributed by atoms with E-state index in [1.807, 2.05) is 12.1 Å². The van der Waals surface area contributed by atoms with Crippen LogP contribution in [0.5, 0.6) is 0 Å². The predicted molar refractivity (Wildman–Crippen MR) is 93.0 cm³/mol. The molecule has 0 bridgehead atoms. The third kappa shape index (κ3) is 3.97. The maximum Gasteiger partial charge on any atom is 0.335 e. The number of carboxylic acid groups (broad SMARTS) is 1. The van der Waals surface area contributed by atoms with Crippen LogP contribution in [0.3, 0.4) is 0 Å². The highest BCUT2D eigenvalue weighted by atomic mass is 16.4. The van der Waals surface area contributed by atoms with Gasteiger partial charge in [-0.15, -0.1) is 0 Å². The smallest absolute Gasteiger partial charge is 0.335 e. The molecule has 2 aliphatic rings. The van der Waals surface area contributed by atoms with Crippen LogP contribution < -0.4 is 0 Å². The second kappa shape index (κ2) is 7.82. The molecule has 1 heterocycles. The van der Waals surface area contributed by atoms with Crippen molar-refractivity contribution in [1.29, 1.82) is 0 Å². The Balaban J connectivity index is 1.54. The molecule has 1 aromatic carbocycles. The Bertz CT molecular complexity index is 584. The number of nitrogens with zero attached hydrogens (tertiary/aromatic N) is 1. The molecule has 2 fully saturated rings. The van der Waals surface area contributed by atoms with Crippen LogP contribution in [0.25, 0.3) is 0 Å². The van der Waals surface area contributed by atoms with Crippen LogP contribution in [-0.2, 0) is 11.2 Å². The molecule has 0 radical (unpaired) electrons. The Morgan fingerprint density at radius 3 is 2.33 bits per heavy atom. The van der Waals surface area contributed by atoms with E-state index in [0.29, 0.717) is 17.4 Å². The number of hydrogen-bond acceptors (Lipinski definition) is 2. The molecule has 1 amide bonds. The van der Waals surface area contributed by atoms with Crippen molar-refractivity contribution in [3.8, 4) is 0 Å². The molecule has 0 unspecified atom stereocenters. The van der Waals surface area contributed by atoms with Crippen molar-refractivity contribution in [2.45, 2.75) is 51.4 Å². The highest BCUT2D eigenvalue weighted by Crippen LogP contribution is 2.29. The van der Waals surface area contributed by atoms with Crippen molar-refractivity contribution in [3.05, 3.63) is 35.4 Å². The van der Waals surface area contributed by atoms with Gasteiger partial charge < -0.3 is 10.0 Å². The van der Waals surface area contributed by atoms with Crippen molar-refractivity contribution in [2.24, 2.45) is 11.8 Å². The number of benzene rings is 1. The molecular formula is C20H27NO3. The van der Waals surface area contributed by atoms with Gasteiger partial charge in [-0.2, -0.15) is 0 Å². The Kier molecular flexibility index (Phi) is 5.54. The number of hydrogen-bond donors (Lipinski definition) is 1. The number of amides is 1. The maximum atomic E-state index is 12.6. The Morgan fingerprint density at radius 2 is 1.67 bits per heavy atom. The van der Waals surface area contributed by atoms with Crippen LogP contribution in [0, 0.1) is 11.8 Å². The molecule has 24 heavy (non-hydrogen) atoms. The molecule has 130 valence electrons. The summed E-state index contributed by atoms with van der Waals surface area (Å²) in [5.41, 5.74) is 1.33. The minimum Gasteiger partial charge on any atom is -0.478 e. The highest BCUT2D eigenvalue weighted by Gasteiger charge is 2.29. The Labute approximate surface area is 143 Å². The molecule has 4 heteroatoms. The van der Waals surface area contributed by atoms with Gasteiger partial charge in [0.1, 0.15) is 0 Å². The first-order valence-corrected chi connectivity index (χ1v) is 9.25. The van der Waals surface area contributed by atoms with E-state index in [-0.39, 0.29) is 5.92 Å². The van der Waals surface area contributed by atoms with Crippen molar-refractivity contribution in [1.82, 2.24) is 4.90 Å². The van der Waals surface area contributed by atoms with E-state index in [1.165, 1.54) is 19.3 Å². The lowest BCUT2D eigenvalue weighted by Crippen LogP contribution is -2.42. The summed E-state index contributed by atoms with van der Waals surface area (Å²) in [5.74, 6) is 0.235. The molecule has 1 N–H and O–H groups in total. The van der Waals surface area contributed by atoms with E-state index in [0.717, 1.165) is 50.8 Å². The minimum atomic E-state index is -0.851. The normalized spacial score (nSPS) is 20.1. The van der Waals surface area contributed by atoms with Gasteiger partial charge in [0.05, 0.1) is 5.56 Å². The van der Waals surface area contributed by atoms with Crippen LogP contribution in [0.2, 0.25) is 0 Å². The number of aromatic carboxylic acids is 1. The van der Waals surface area contributed by atoms with Gasteiger partial charge >= 0.3 is 5.97 Å².